The fourth-order valence-corrected chi connectivity index (χ4v) is 1.95. The molecule has 1 atom stereocenters. The summed E-state index contributed by atoms with van der Waals surface area (Å²) in [5.41, 5.74) is 0. The van der Waals surface area contributed by atoms with Crippen molar-refractivity contribution in [2.45, 2.75) is 12.7 Å². The van der Waals surface area contributed by atoms with Crippen LogP contribution in [0.5, 0.6) is 0 Å². The SMILES string of the molecule is OCC1CCN(CC2OCCO2)C1. The molecule has 2 heterocycles. The molecule has 0 aromatic carbocycles. The van der Waals surface area contributed by atoms with Gasteiger partial charge in [0.25, 0.3) is 0 Å². The fourth-order valence-electron chi connectivity index (χ4n) is 1.95. The van der Waals surface area contributed by atoms with Crippen molar-refractivity contribution in [1.82, 2.24) is 4.90 Å². The van der Waals surface area contributed by atoms with Crippen LogP contribution in [0.2, 0.25) is 0 Å². The van der Waals surface area contributed by atoms with Gasteiger partial charge in [-0.15, -0.1) is 0 Å². The van der Waals surface area contributed by atoms with Crippen molar-refractivity contribution < 1.29 is 14.6 Å². The molecule has 1 N–H and O–H groups in total. The standard InChI is InChI=1S/C9H17NO3/c11-7-8-1-2-10(5-8)6-9-12-3-4-13-9/h8-9,11H,1-7H2. The van der Waals surface area contributed by atoms with Gasteiger partial charge in [-0.2, -0.15) is 0 Å². The Hall–Kier alpha value is -0.160. The molecule has 76 valence electrons. The van der Waals surface area contributed by atoms with Gasteiger partial charge >= 0.3 is 0 Å². The predicted octanol–water partition coefficient (Wildman–Crippen LogP) is -0.326. The summed E-state index contributed by atoms with van der Waals surface area (Å²) >= 11 is 0. The molecule has 2 aliphatic heterocycles. The Bertz CT molecular complexity index is 159. The smallest absolute Gasteiger partial charge is 0.170 e. The van der Waals surface area contributed by atoms with E-state index in [1.807, 2.05) is 0 Å². The summed E-state index contributed by atoms with van der Waals surface area (Å²) in [5, 5.41) is 8.96. The van der Waals surface area contributed by atoms with Gasteiger partial charge in [-0.3, -0.25) is 4.90 Å². The van der Waals surface area contributed by atoms with Crippen molar-refractivity contribution in [3.63, 3.8) is 0 Å². The Morgan fingerprint density at radius 1 is 1.31 bits per heavy atom. The van der Waals surface area contributed by atoms with Gasteiger partial charge in [0, 0.05) is 19.7 Å². The highest BCUT2D eigenvalue weighted by Crippen LogP contribution is 2.17. The van der Waals surface area contributed by atoms with Crippen LogP contribution in [0.25, 0.3) is 0 Å². The van der Waals surface area contributed by atoms with Gasteiger partial charge in [0.15, 0.2) is 6.29 Å². The fraction of sp³-hybridized carbons (Fsp3) is 1.00. The highest BCUT2D eigenvalue weighted by molar-refractivity contribution is 4.76. The van der Waals surface area contributed by atoms with Crippen molar-refractivity contribution in [3.05, 3.63) is 0 Å². The van der Waals surface area contributed by atoms with Crippen LogP contribution in [0.4, 0.5) is 0 Å². The van der Waals surface area contributed by atoms with Crippen molar-refractivity contribution in [2.75, 3.05) is 39.5 Å². The highest BCUT2D eigenvalue weighted by atomic mass is 16.7. The van der Waals surface area contributed by atoms with Crippen LogP contribution in [0.3, 0.4) is 0 Å². The lowest BCUT2D eigenvalue weighted by atomic mass is 10.1. The van der Waals surface area contributed by atoms with E-state index in [1.54, 1.807) is 0 Å². The Balaban J connectivity index is 1.70. The molecule has 4 nitrogen and oxygen atoms in total. The van der Waals surface area contributed by atoms with E-state index in [0.717, 1.165) is 39.3 Å². The molecule has 0 amide bonds. The number of ether oxygens (including phenoxy) is 2. The molecule has 0 aromatic heterocycles. The molecular formula is C9H17NO3. The molecule has 4 heteroatoms. The maximum Gasteiger partial charge on any atom is 0.170 e. The van der Waals surface area contributed by atoms with Crippen molar-refractivity contribution >= 4 is 0 Å². The van der Waals surface area contributed by atoms with Crippen LogP contribution < -0.4 is 0 Å². The van der Waals surface area contributed by atoms with Crippen LogP contribution in [0, 0.1) is 5.92 Å². The largest absolute Gasteiger partial charge is 0.396 e. The Labute approximate surface area is 78.4 Å². The van der Waals surface area contributed by atoms with Crippen LogP contribution in [0.1, 0.15) is 6.42 Å². The third-order valence-corrected chi connectivity index (χ3v) is 2.73. The quantitative estimate of drug-likeness (QED) is 0.657. The number of hydrogen-bond acceptors (Lipinski definition) is 4. The average molecular weight is 187 g/mol. The number of aliphatic hydroxyl groups is 1. The summed E-state index contributed by atoms with van der Waals surface area (Å²) in [5.74, 6) is 0.460. The number of hydrogen-bond donors (Lipinski definition) is 1. The molecule has 13 heavy (non-hydrogen) atoms. The molecule has 2 rings (SSSR count). The summed E-state index contributed by atoms with van der Waals surface area (Å²) in [6.45, 7) is 4.66. The summed E-state index contributed by atoms with van der Waals surface area (Å²) in [6.07, 6.45) is 1.07. The molecule has 0 saturated carbocycles. The van der Waals surface area contributed by atoms with E-state index in [1.165, 1.54) is 0 Å². The second-order valence-electron chi connectivity index (χ2n) is 3.77. The number of aliphatic hydroxyl groups excluding tert-OH is 1. The Morgan fingerprint density at radius 3 is 2.69 bits per heavy atom. The molecule has 2 aliphatic rings. The van der Waals surface area contributed by atoms with Crippen LogP contribution >= 0.6 is 0 Å². The Morgan fingerprint density at radius 2 is 2.08 bits per heavy atom. The predicted molar refractivity (Wildman–Crippen MR) is 47.3 cm³/mol. The average Bonchev–Trinajstić information content (AvgIpc) is 2.76. The minimum Gasteiger partial charge on any atom is -0.396 e. The summed E-state index contributed by atoms with van der Waals surface area (Å²) in [4.78, 5) is 2.30. The van der Waals surface area contributed by atoms with Crippen LogP contribution in [-0.2, 0) is 9.47 Å². The second kappa shape index (κ2) is 4.37. The molecular weight excluding hydrogens is 170 g/mol. The lowest BCUT2D eigenvalue weighted by Gasteiger charge is -2.18. The third kappa shape index (κ3) is 2.40. The zero-order valence-electron chi connectivity index (χ0n) is 7.82. The zero-order chi connectivity index (χ0) is 9.10. The van der Waals surface area contributed by atoms with Gasteiger partial charge in [0.05, 0.1) is 13.2 Å². The van der Waals surface area contributed by atoms with Gasteiger partial charge < -0.3 is 14.6 Å². The number of likely N-dealkylation sites (tertiary alicyclic amines) is 1. The number of nitrogens with zero attached hydrogens (tertiary/aromatic N) is 1. The molecule has 0 spiro atoms. The van der Waals surface area contributed by atoms with Gasteiger partial charge in [0.1, 0.15) is 0 Å². The lowest BCUT2D eigenvalue weighted by Crippen LogP contribution is -2.31. The van der Waals surface area contributed by atoms with Gasteiger partial charge in [-0.05, 0) is 18.9 Å². The molecule has 0 aliphatic carbocycles. The molecule has 0 radical (unpaired) electrons. The van der Waals surface area contributed by atoms with Crippen molar-refractivity contribution in [1.29, 1.82) is 0 Å². The van der Waals surface area contributed by atoms with E-state index in [9.17, 15) is 0 Å². The van der Waals surface area contributed by atoms with Crippen molar-refractivity contribution in [3.8, 4) is 0 Å². The van der Waals surface area contributed by atoms with E-state index in [0.29, 0.717) is 12.5 Å². The van der Waals surface area contributed by atoms with Crippen LogP contribution in [-0.4, -0.2) is 55.8 Å². The first-order valence-corrected chi connectivity index (χ1v) is 4.95. The van der Waals surface area contributed by atoms with E-state index >= 15 is 0 Å². The van der Waals surface area contributed by atoms with E-state index < -0.39 is 0 Å². The van der Waals surface area contributed by atoms with E-state index in [4.69, 9.17) is 14.6 Å². The Kier molecular flexibility index (Phi) is 3.16. The lowest BCUT2D eigenvalue weighted by molar-refractivity contribution is -0.0592. The highest BCUT2D eigenvalue weighted by Gasteiger charge is 2.26. The van der Waals surface area contributed by atoms with E-state index in [2.05, 4.69) is 4.90 Å². The molecule has 0 bridgehead atoms. The normalized spacial score (nSPS) is 31.6. The first-order valence-electron chi connectivity index (χ1n) is 4.95. The van der Waals surface area contributed by atoms with Gasteiger partial charge in [-0.1, -0.05) is 0 Å². The van der Waals surface area contributed by atoms with Crippen LogP contribution in [0.15, 0.2) is 0 Å². The molecule has 0 aromatic rings. The first kappa shape index (κ1) is 9.40. The number of rotatable bonds is 3. The topological polar surface area (TPSA) is 41.9 Å². The minimum atomic E-state index is -0.0301. The maximum atomic E-state index is 8.96. The summed E-state index contributed by atoms with van der Waals surface area (Å²) in [6, 6.07) is 0. The summed E-state index contributed by atoms with van der Waals surface area (Å²) in [7, 11) is 0. The molecule has 2 fully saturated rings. The monoisotopic (exact) mass is 187 g/mol. The zero-order valence-corrected chi connectivity index (χ0v) is 7.82. The third-order valence-electron chi connectivity index (χ3n) is 2.73. The summed E-state index contributed by atoms with van der Waals surface area (Å²) < 4.78 is 10.7. The minimum absolute atomic E-state index is 0.0301. The first-order chi connectivity index (χ1) is 6.38. The second-order valence-corrected chi connectivity index (χ2v) is 3.77. The maximum absolute atomic E-state index is 8.96. The van der Waals surface area contributed by atoms with Gasteiger partial charge in [0.2, 0.25) is 0 Å². The van der Waals surface area contributed by atoms with Gasteiger partial charge in [-0.25, -0.2) is 0 Å². The van der Waals surface area contributed by atoms with E-state index in [-0.39, 0.29) is 6.29 Å². The molecule has 1 unspecified atom stereocenters. The molecule has 2 saturated heterocycles. The van der Waals surface area contributed by atoms with Crippen molar-refractivity contribution in [2.24, 2.45) is 5.92 Å².